The minimum absolute atomic E-state index is 0.0847. The number of phosphoric ester groups is 1. The molecule has 14 heteroatoms. The largest absolute Gasteiger partial charge is 0.475 e. The number of benzene rings is 1. The Labute approximate surface area is 228 Å². The molecule has 38 heavy (non-hydrogen) atoms. The summed E-state index contributed by atoms with van der Waals surface area (Å²) >= 11 is 0. The molecule has 0 radical (unpaired) electrons. The predicted octanol–water partition coefficient (Wildman–Crippen LogP) is 5.66. The molecule has 0 amide bonds. The van der Waals surface area contributed by atoms with E-state index >= 15 is 4.39 Å². The normalized spacial score (nSPS) is 29.6. The van der Waals surface area contributed by atoms with E-state index in [1.807, 2.05) is 24.3 Å². The molecule has 0 spiro atoms. The number of hydrogen-bond donors (Lipinski definition) is 1. The SMILES string of the molecule is Cc1nc(N)c2ncn([C@@H]3O[C@@H]4COP(=O)(OCCc5ccccc5SSC(C)(C)C)O[C@H]4[C@@]3(C)F)c2n1. The van der Waals surface area contributed by atoms with Gasteiger partial charge >= 0.3 is 7.82 Å². The highest BCUT2D eigenvalue weighted by Crippen LogP contribution is 2.59. The van der Waals surface area contributed by atoms with Crippen LogP contribution in [0.4, 0.5) is 10.2 Å². The average Bonchev–Trinajstić information content (AvgIpc) is 3.36. The third kappa shape index (κ3) is 5.60. The van der Waals surface area contributed by atoms with Crippen molar-refractivity contribution < 1.29 is 27.3 Å². The van der Waals surface area contributed by atoms with Crippen molar-refractivity contribution in [3.63, 3.8) is 0 Å². The van der Waals surface area contributed by atoms with Crippen LogP contribution >= 0.6 is 29.4 Å². The molecule has 2 aliphatic rings. The lowest BCUT2D eigenvalue weighted by atomic mass is 9.98. The Balaban J connectivity index is 1.27. The number of aryl methyl sites for hydroxylation is 1. The van der Waals surface area contributed by atoms with Crippen molar-refractivity contribution in [2.45, 2.75) is 74.8 Å². The molecule has 3 aromatic rings. The third-order valence-electron chi connectivity index (χ3n) is 6.11. The second-order valence-corrected chi connectivity index (χ2v) is 15.0. The molecule has 1 aromatic carbocycles. The maximum atomic E-state index is 16.3. The number of aromatic nitrogens is 4. The number of halogens is 1. The van der Waals surface area contributed by atoms with Crippen LogP contribution in [0.5, 0.6) is 0 Å². The van der Waals surface area contributed by atoms with Crippen LogP contribution in [0.1, 0.15) is 45.3 Å². The Morgan fingerprint density at radius 1 is 1.32 bits per heavy atom. The zero-order chi connectivity index (χ0) is 27.3. The van der Waals surface area contributed by atoms with Gasteiger partial charge in [0.05, 0.1) is 19.5 Å². The summed E-state index contributed by atoms with van der Waals surface area (Å²) in [4.78, 5) is 13.8. The first-order valence-electron chi connectivity index (χ1n) is 12.2. The van der Waals surface area contributed by atoms with Crippen molar-refractivity contribution in [2.75, 3.05) is 18.9 Å². The summed E-state index contributed by atoms with van der Waals surface area (Å²) in [5.41, 5.74) is 5.60. The molecule has 1 unspecified atom stereocenters. The van der Waals surface area contributed by atoms with E-state index < -0.39 is 31.9 Å². The number of alkyl halides is 1. The lowest BCUT2D eigenvalue weighted by Crippen LogP contribution is -2.44. The van der Waals surface area contributed by atoms with Crippen LogP contribution in [0.15, 0.2) is 35.5 Å². The minimum atomic E-state index is -4.03. The Hall–Kier alpha value is -1.73. The summed E-state index contributed by atoms with van der Waals surface area (Å²) in [6.45, 7) is 9.42. The maximum absolute atomic E-state index is 16.3. The number of nitrogens with two attached hydrogens (primary N) is 1. The van der Waals surface area contributed by atoms with Gasteiger partial charge in [-0.25, -0.2) is 23.9 Å². The van der Waals surface area contributed by atoms with Crippen LogP contribution in [0, 0.1) is 6.92 Å². The topological polar surface area (TPSA) is 124 Å². The van der Waals surface area contributed by atoms with Crippen molar-refractivity contribution in [1.82, 2.24) is 19.5 Å². The minimum Gasteiger partial charge on any atom is -0.382 e. The van der Waals surface area contributed by atoms with Gasteiger partial charge in [-0.05, 0) is 31.9 Å². The van der Waals surface area contributed by atoms with Gasteiger partial charge in [-0.2, -0.15) is 0 Å². The number of anilines is 1. The molecule has 4 heterocycles. The molecule has 5 atom stereocenters. The van der Waals surface area contributed by atoms with Crippen molar-refractivity contribution in [1.29, 1.82) is 0 Å². The van der Waals surface area contributed by atoms with Gasteiger partial charge in [-0.1, -0.05) is 60.6 Å². The number of hydrogen-bond acceptors (Lipinski definition) is 11. The lowest BCUT2D eigenvalue weighted by Gasteiger charge is -2.33. The number of rotatable bonds is 7. The van der Waals surface area contributed by atoms with Crippen molar-refractivity contribution in [3.05, 3.63) is 42.0 Å². The monoisotopic (exact) mass is 583 g/mol. The molecule has 206 valence electrons. The molecule has 2 aliphatic heterocycles. The van der Waals surface area contributed by atoms with E-state index in [-0.39, 0.29) is 23.8 Å². The summed E-state index contributed by atoms with van der Waals surface area (Å²) < 4.78 is 53.9. The van der Waals surface area contributed by atoms with Crippen LogP contribution in [0.3, 0.4) is 0 Å². The first-order chi connectivity index (χ1) is 17.9. The highest BCUT2D eigenvalue weighted by Gasteiger charge is 2.61. The van der Waals surface area contributed by atoms with E-state index in [0.717, 1.165) is 10.5 Å². The van der Waals surface area contributed by atoms with E-state index in [4.69, 9.17) is 24.0 Å². The van der Waals surface area contributed by atoms with E-state index in [1.165, 1.54) is 17.8 Å². The summed E-state index contributed by atoms with van der Waals surface area (Å²) in [5, 5.41) is 0. The van der Waals surface area contributed by atoms with Gasteiger partial charge in [0.2, 0.25) is 0 Å². The van der Waals surface area contributed by atoms with Gasteiger partial charge in [0.1, 0.15) is 23.5 Å². The molecule has 0 saturated carbocycles. The van der Waals surface area contributed by atoms with E-state index in [1.54, 1.807) is 28.5 Å². The lowest BCUT2D eigenvalue weighted by molar-refractivity contribution is -0.0705. The number of ether oxygens (including phenoxy) is 1. The maximum Gasteiger partial charge on any atom is 0.475 e. The standard InChI is InChI=1S/C24H31FN5O5PS2/c1-14-28-20(26)18-21(29-14)30(13-27-18)22-24(5,25)19-16(34-22)12-33-36(31,35-19)32-11-10-15-8-6-7-9-17(15)37-38-23(2,3)4/h6-9,13,16,19,22H,10-12H2,1-5H3,(H2,26,28,29)/t16-,19-,22-,24-,36?/m1/s1. The van der Waals surface area contributed by atoms with Crippen molar-refractivity contribution >= 4 is 46.4 Å². The Morgan fingerprint density at radius 2 is 2.08 bits per heavy atom. The van der Waals surface area contributed by atoms with Gasteiger partial charge in [0, 0.05) is 9.64 Å². The van der Waals surface area contributed by atoms with Gasteiger partial charge in [-0.15, -0.1) is 0 Å². The van der Waals surface area contributed by atoms with Crippen LogP contribution in [0.25, 0.3) is 11.2 Å². The van der Waals surface area contributed by atoms with Gasteiger partial charge in [-0.3, -0.25) is 18.1 Å². The number of phosphoric acid groups is 1. The molecule has 2 saturated heterocycles. The molecule has 0 aliphatic carbocycles. The van der Waals surface area contributed by atoms with Crippen LogP contribution < -0.4 is 5.73 Å². The summed E-state index contributed by atoms with van der Waals surface area (Å²) in [6, 6.07) is 7.98. The highest BCUT2D eigenvalue weighted by molar-refractivity contribution is 8.77. The van der Waals surface area contributed by atoms with E-state index in [9.17, 15) is 4.57 Å². The summed E-state index contributed by atoms with van der Waals surface area (Å²) in [6.07, 6.45) is -1.25. The Kier molecular flexibility index (Phi) is 7.58. The van der Waals surface area contributed by atoms with Crippen LogP contribution in [-0.2, 0) is 29.3 Å². The average molecular weight is 584 g/mol. The second-order valence-electron chi connectivity index (χ2n) is 10.4. The number of imidazole rings is 1. The third-order valence-corrected chi connectivity index (χ3v) is 11.0. The molecule has 2 aromatic heterocycles. The van der Waals surface area contributed by atoms with E-state index in [0.29, 0.717) is 23.4 Å². The summed E-state index contributed by atoms with van der Waals surface area (Å²) in [7, 11) is -0.568. The fourth-order valence-electron chi connectivity index (χ4n) is 4.36. The van der Waals surface area contributed by atoms with Gasteiger partial charge in [0.15, 0.2) is 23.4 Å². The molecule has 10 nitrogen and oxygen atoms in total. The highest BCUT2D eigenvalue weighted by atomic mass is 33.1. The van der Waals surface area contributed by atoms with Crippen molar-refractivity contribution in [3.8, 4) is 0 Å². The zero-order valence-corrected chi connectivity index (χ0v) is 24.3. The van der Waals surface area contributed by atoms with Crippen LogP contribution in [0.2, 0.25) is 0 Å². The zero-order valence-electron chi connectivity index (χ0n) is 21.8. The second kappa shape index (κ2) is 10.3. The first kappa shape index (κ1) is 27.8. The van der Waals surface area contributed by atoms with Gasteiger partial charge in [0.25, 0.3) is 0 Å². The number of nitrogen functional groups attached to an aromatic ring is 1. The molecular weight excluding hydrogens is 552 g/mol. The van der Waals surface area contributed by atoms with Crippen molar-refractivity contribution in [2.24, 2.45) is 0 Å². The predicted molar refractivity (Wildman–Crippen MR) is 146 cm³/mol. The smallest absolute Gasteiger partial charge is 0.382 e. The Bertz CT molecular complexity index is 1380. The van der Waals surface area contributed by atoms with E-state index in [2.05, 4.69) is 35.7 Å². The quantitative estimate of drug-likeness (QED) is 0.274. The molecule has 2 fully saturated rings. The van der Waals surface area contributed by atoms with Gasteiger partial charge < -0.3 is 10.5 Å². The van der Waals surface area contributed by atoms with Crippen LogP contribution in [-0.4, -0.2) is 55.4 Å². The summed E-state index contributed by atoms with van der Waals surface area (Å²) in [5.74, 6) is 0.610. The molecule has 2 N–H and O–H groups in total. The number of nitrogens with zero attached hydrogens (tertiary/aromatic N) is 4. The fraction of sp³-hybridized carbons (Fsp3) is 0.542. The number of fused-ring (bicyclic) bond motifs is 2. The fourth-order valence-corrected chi connectivity index (χ4v) is 8.08. The molecule has 5 rings (SSSR count). The Morgan fingerprint density at radius 3 is 2.84 bits per heavy atom. The first-order valence-corrected chi connectivity index (χ1v) is 15.8. The molecule has 0 bridgehead atoms. The molecular formula is C24H31FN5O5PS2.